The highest BCUT2D eigenvalue weighted by molar-refractivity contribution is 5.79. The minimum absolute atomic E-state index is 0.120. The smallest absolute Gasteiger partial charge is 0.234 e. The lowest BCUT2D eigenvalue weighted by atomic mass is 10.0. The van der Waals surface area contributed by atoms with Crippen LogP contribution >= 0.6 is 0 Å². The molecule has 0 saturated carbocycles. The van der Waals surface area contributed by atoms with Gasteiger partial charge in [0.2, 0.25) is 11.8 Å². The lowest BCUT2D eigenvalue weighted by Gasteiger charge is -2.32. The number of rotatable bonds is 9. The summed E-state index contributed by atoms with van der Waals surface area (Å²) in [5.41, 5.74) is 1.11. The van der Waals surface area contributed by atoms with Crippen molar-refractivity contribution in [2.45, 2.75) is 31.1 Å². The van der Waals surface area contributed by atoms with Crippen LogP contribution in [0.1, 0.15) is 12.0 Å². The number of carbonyl (C=O) groups excluding carboxylic acids is 2. The van der Waals surface area contributed by atoms with Gasteiger partial charge in [0, 0.05) is 32.0 Å². The summed E-state index contributed by atoms with van der Waals surface area (Å²) in [6.07, 6.45) is 6.90. The van der Waals surface area contributed by atoms with Gasteiger partial charge in [0.1, 0.15) is 6.10 Å². The minimum atomic E-state index is -0.585. The summed E-state index contributed by atoms with van der Waals surface area (Å²) >= 11 is 0. The fraction of sp³-hybridized carbons (Fsp3) is 0.571. The number of nitrogens with zero attached hydrogens (tertiary/aromatic N) is 2. The third-order valence-corrected chi connectivity index (χ3v) is 5.13. The van der Waals surface area contributed by atoms with Gasteiger partial charge in [-0.25, -0.2) is 0 Å². The summed E-state index contributed by atoms with van der Waals surface area (Å²) in [7, 11) is 0. The fourth-order valence-corrected chi connectivity index (χ4v) is 3.48. The third-order valence-electron chi connectivity index (χ3n) is 5.13. The molecule has 1 fully saturated rings. The van der Waals surface area contributed by atoms with E-state index in [0.29, 0.717) is 19.8 Å². The minimum Gasteiger partial charge on any atom is -0.394 e. The van der Waals surface area contributed by atoms with E-state index in [1.807, 2.05) is 17.0 Å². The average molecular weight is 418 g/mol. The molecule has 2 amide bonds. The number of aromatic nitrogens is 1. The van der Waals surface area contributed by atoms with Gasteiger partial charge in [-0.1, -0.05) is 12.2 Å². The molecule has 1 aromatic heterocycles. The van der Waals surface area contributed by atoms with Gasteiger partial charge < -0.3 is 25.2 Å². The number of nitrogens with one attached hydrogen (secondary N) is 2. The number of aliphatic hydroxyl groups is 1. The Balaban J connectivity index is 1.41. The highest BCUT2D eigenvalue weighted by atomic mass is 16.5. The van der Waals surface area contributed by atoms with Gasteiger partial charge in [0.05, 0.1) is 44.9 Å². The summed E-state index contributed by atoms with van der Waals surface area (Å²) < 4.78 is 11.1. The van der Waals surface area contributed by atoms with E-state index in [9.17, 15) is 14.7 Å². The van der Waals surface area contributed by atoms with Crippen molar-refractivity contribution in [3.05, 3.63) is 42.2 Å². The number of carbonyl (C=O) groups is 2. The Kier molecular flexibility index (Phi) is 8.76. The molecule has 3 heterocycles. The van der Waals surface area contributed by atoms with Crippen LogP contribution in [0.2, 0.25) is 0 Å². The Hall–Kier alpha value is -2.33. The molecule has 9 nitrogen and oxygen atoms in total. The SMILES string of the molecule is O=C(C[C@H]1C=C[C@H](NC(=O)CN2CCOCC2)[C@H](CO)O1)NCCc1ccncc1. The average Bonchev–Trinajstić information content (AvgIpc) is 2.76. The van der Waals surface area contributed by atoms with Gasteiger partial charge >= 0.3 is 0 Å². The van der Waals surface area contributed by atoms with E-state index >= 15 is 0 Å². The maximum atomic E-state index is 12.3. The van der Waals surface area contributed by atoms with Crippen molar-refractivity contribution in [3.8, 4) is 0 Å². The van der Waals surface area contributed by atoms with Crippen LogP contribution < -0.4 is 10.6 Å². The van der Waals surface area contributed by atoms with Crippen LogP contribution in [0.3, 0.4) is 0 Å². The number of morpholine rings is 1. The maximum Gasteiger partial charge on any atom is 0.234 e. The van der Waals surface area contributed by atoms with E-state index in [0.717, 1.165) is 25.1 Å². The first-order chi connectivity index (χ1) is 14.6. The van der Waals surface area contributed by atoms with Crippen molar-refractivity contribution in [1.29, 1.82) is 0 Å². The van der Waals surface area contributed by atoms with Gasteiger partial charge in [-0.05, 0) is 24.1 Å². The zero-order chi connectivity index (χ0) is 21.2. The molecule has 0 aromatic carbocycles. The summed E-state index contributed by atoms with van der Waals surface area (Å²) in [5, 5.41) is 15.4. The molecular formula is C21H30N4O5. The predicted octanol–water partition coefficient (Wildman–Crippen LogP) is -0.737. The molecule has 0 spiro atoms. The van der Waals surface area contributed by atoms with Gasteiger partial charge in [-0.2, -0.15) is 0 Å². The highest BCUT2D eigenvalue weighted by Crippen LogP contribution is 2.16. The van der Waals surface area contributed by atoms with Crippen LogP contribution in [0.4, 0.5) is 0 Å². The topological polar surface area (TPSA) is 113 Å². The first-order valence-electron chi connectivity index (χ1n) is 10.3. The van der Waals surface area contributed by atoms with Crippen LogP contribution in [-0.2, 0) is 25.5 Å². The van der Waals surface area contributed by atoms with Crippen LogP contribution in [-0.4, -0.2) is 91.1 Å². The van der Waals surface area contributed by atoms with Crippen molar-refractivity contribution in [1.82, 2.24) is 20.5 Å². The second kappa shape index (κ2) is 11.8. The summed E-state index contributed by atoms with van der Waals surface area (Å²) in [5.74, 6) is -0.244. The van der Waals surface area contributed by atoms with Gasteiger partial charge in [-0.3, -0.25) is 19.5 Å². The van der Waals surface area contributed by atoms with Gasteiger partial charge in [0.25, 0.3) is 0 Å². The fourth-order valence-electron chi connectivity index (χ4n) is 3.48. The first kappa shape index (κ1) is 22.4. The van der Waals surface area contributed by atoms with Crippen LogP contribution in [0.25, 0.3) is 0 Å². The third kappa shape index (κ3) is 7.17. The van der Waals surface area contributed by atoms with Crippen molar-refractivity contribution in [3.63, 3.8) is 0 Å². The van der Waals surface area contributed by atoms with E-state index in [-0.39, 0.29) is 31.4 Å². The van der Waals surface area contributed by atoms with Crippen molar-refractivity contribution in [2.75, 3.05) is 46.0 Å². The standard InChI is InChI=1S/C21H30N4O5/c26-15-19-18(24-21(28)14-25-9-11-29-12-10-25)2-1-17(30-19)13-20(27)23-8-5-16-3-6-22-7-4-16/h1-4,6-7,17-19,26H,5,8-15H2,(H,23,27)(H,24,28)/t17-,18+,19+/m1/s1. The number of ether oxygens (including phenoxy) is 2. The number of hydrogen-bond donors (Lipinski definition) is 3. The lowest BCUT2D eigenvalue weighted by Crippen LogP contribution is -2.52. The molecule has 0 aliphatic carbocycles. The van der Waals surface area contributed by atoms with Crippen LogP contribution in [0.5, 0.6) is 0 Å². The lowest BCUT2D eigenvalue weighted by molar-refractivity contribution is -0.129. The molecular weight excluding hydrogens is 388 g/mol. The summed E-state index contributed by atoms with van der Waals surface area (Å²) in [6, 6.07) is 3.41. The highest BCUT2D eigenvalue weighted by Gasteiger charge is 2.29. The van der Waals surface area contributed by atoms with E-state index in [2.05, 4.69) is 15.6 Å². The maximum absolute atomic E-state index is 12.3. The molecule has 0 unspecified atom stereocenters. The summed E-state index contributed by atoms with van der Waals surface area (Å²) in [6.45, 7) is 3.29. The molecule has 9 heteroatoms. The number of pyridine rings is 1. The quantitative estimate of drug-likeness (QED) is 0.453. The molecule has 30 heavy (non-hydrogen) atoms. The Labute approximate surface area is 176 Å². The normalized spacial score (nSPS) is 24.4. The monoisotopic (exact) mass is 418 g/mol. The Morgan fingerprint density at radius 1 is 1.17 bits per heavy atom. The molecule has 1 aromatic rings. The predicted molar refractivity (Wildman–Crippen MR) is 110 cm³/mol. The van der Waals surface area contributed by atoms with Crippen LogP contribution in [0.15, 0.2) is 36.7 Å². The van der Waals surface area contributed by atoms with Crippen molar-refractivity contribution < 1.29 is 24.2 Å². The second-order valence-electron chi connectivity index (χ2n) is 7.42. The summed E-state index contributed by atoms with van der Waals surface area (Å²) in [4.78, 5) is 30.5. The molecule has 164 valence electrons. The number of amides is 2. The van der Waals surface area contributed by atoms with E-state index in [1.54, 1.807) is 24.5 Å². The van der Waals surface area contributed by atoms with E-state index < -0.39 is 18.2 Å². The molecule has 1 saturated heterocycles. The largest absolute Gasteiger partial charge is 0.394 e. The molecule has 2 aliphatic heterocycles. The number of aliphatic hydroxyl groups excluding tert-OH is 1. The number of hydrogen-bond acceptors (Lipinski definition) is 7. The van der Waals surface area contributed by atoms with Gasteiger partial charge in [-0.15, -0.1) is 0 Å². The Bertz CT molecular complexity index is 709. The Morgan fingerprint density at radius 2 is 1.93 bits per heavy atom. The molecule has 3 N–H and O–H groups in total. The van der Waals surface area contributed by atoms with E-state index in [4.69, 9.17) is 9.47 Å². The van der Waals surface area contributed by atoms with Crippen molar-refractivity contribution in [2.24, 2.45) is 0 Å². The molecule has 3 rings (SSSR count). The Morgan fingerprint density at radius 3 is 2.67 bits per heavy atom. The van der Waals surface area contributed by atoms with Crippen molar-refractivity contribution >= 4 is 11.8 Å². The molecule has 0 bridgehead atoms. The first-order valence-corrected chi connectivity index (χ1v) is 10.3. The molecule has 0 radical (unpaired) electrons. The van der Waals surface area contributed by atoms with E-state index in [1.165, 1.54) is 0 Å². The second-order valence-corrected chi connectivity index (χ2v) is 7.42. The molecule has 2 aliphatic rings. The van der Waals surface area contributed by atoms with Crippen LogP contribution in [0, 0.1) is 0 Å². The zero-order valence-electron chi connectivity index (χ0n) is 17.0. The zero-order valence-corrected chi connectivity index (χ0v) is 17.0. The van der Waals surface area contributed by atoms with Gasteiger partial charge in [0.15, 0.2) is 0 Å². The molecule has 3 atom stereocenters.